The van der Waals surface area contributed by atoms with Crippen LogP contribution in [-0.2, 0) is 25.7 Å². The predicted octanol–water partition coefficient (Wildman–Crippen LogP) is 6.96. The first-order chi connectivity index (χ1) is 26.0. The van der Waals surface area contributed by atoms with Crippen LogP contribution in [0, 0.1) is 0 Å². The second kappa shape index (κ2) is 16.3. The summed E-state index contributed by atoms with van der Waals surface area (Å²) in [6.45, 7) is 6.88. The topological polar surface area (TPSA) is 86.7 Å². The first kappa shape index (κ1) is 35.6. The van der Waals surface area contributed by atoms with Crippen molar-refractivity contribution in [2.45, 2.75) is 37.8 Å². The Morgan fingerprint density at radius 3 is 1.72 bits per heavy atom. The van der Waals surface area contributed by atoms with Gasteiger partial charge in [0.05, 0.1) is 29.7 Å². The summed E-state index contributed by atoms with van der Waals surface area (Å²) in [5.74, 6) is 0.461. The Morgan fingerprint density at radius 2 is 1.17 bits per heavy atom. The number of pyridine rings is 3. The third kappa shape index (κ3) is 7.95. The lowest BCUT2D eigenvalue weighted by atomic mass is 9.96. The number of hydrogen-bond acceptors (Lipinski definition) is 8. The van der Waals surface area contributed by atoms with E-state index in [4.69, 9.17) is 37.9 Å². The SMILES string of the molecule is Clc1ccc2c(c1)CCc1cccnc1C2N1CCNCC1.O=C(Oc1cccnc1)N1CCN(C2c3ccc(Cl)cc3CCc3cccnc32)CC1. The number of carbonyl (C=O) groups excluding carboxylic acids is 1. The Bertz CT molecular complexity index is 2050. The third-order valence-corrected chi connectivity index (χ3v) is 11.3. The number of aromatic nitrogens is 3. The molecular weight excluding hydrogens is 705 g/mol. The summed E-state index contributed by atoms with van der Waals surface area (Å²) in [7, 11) is 0. The molecule has 0 bridgehead atoms. The molecule has 2 atom stereocenters. The van der Waals surface area contributed by atoms with Crippen molar-refractivity contribution >= 4 is 29.3 Å². The van der Waals surface area contributed by atoms with Crippen LogP contribution in [0.4, 0.5) is 4.79 Å². The smallest absolute Gasteiger partial charge is 0.409 e. The zero-order chi connectivity index (χ0) is 36.1. The Kier molecular flexibility index (Phi) is 11.0. The number of benzene rings is 2. The van der Waals surface area contributed by atoms with Gasteiger partial charge in [0.25, 0.3) is 0 Å². The van der Waals surface area contributed by atoms with Crippen molar-refractivity contribution in [3.05, 3.63) is 152 Å². The van der Waals surface area contributed by atoms with Crippen molar-refractivity contribution in [1.29, 1.82) is 0 Å². The maximum atomic E-state index is 12.6. The molecule has 2 unspecified atom stereocenters. The summed E-state index contributed by atoms with van der Waals surface area (Å²) < 4.78 is 5.46. The lowest BCUT2D eigenvalue weighted by Gasteiger charge is -2.39. The average molecular weight is 749 g/mol. The molecule has 0 spiro atoms. The number of ether oxygens (including phenoxy) is 1. The van der Waals surface area contributed by atoms with Crippen LogP contribution in [0.1, 0.15) is 56.9 Å². The monoisotopic (exact) mass is 747 g/mol. The molecule has 272 valence electrons. The molecule has 5 aromatic rings. The quantitative estimate of drug-likeness (QED) is 0.212. The van der Waals surface area contributed by atoms with Gasteiger partial charge in [-0.2, -0.15) is 0 Å². The largest absolute Gasteiger partial charge is 0.415 e. The van der Waals surface area contributed by atoms with E-state index >= 15 is 0 Å². The Balaban J connectivity index is 0.000000160. The van der Waals surface area contributed by atoms with Gasteiger partial charge < -0.3 is 15.0 Å². The molecule has 2 aliphatic heterocycles. The second-order valence-corrected chi connectivity index (χ2v) is 14.8. The number of aryl methyl sites for hydroxylation is 4. The van der Waals surface area contributed by atoms with Crippen LogP contribution in [0.2, 0.25) is 10.0 Å². The van der Waals surface area contributed by atoms with Crippen LogP contribution in [0.3, 0.4) is 0 Å². The standard InChI is InChI=1S/C24H23ClN4O2.C18H20ClN3/c25-19-7-8-21-18(15-19)6-5-17-3-1-10-27-22(17)23(21)28-11-13-29(14-12-28)24(30)31-20-4-2-9-26-16-20;19-15-5-6-16-14(12-15)4-3-13-2-1-7-21-17(13)18(16)22-10-8-20-9-11-22/h1-4,7-10,15-16,23H,5-6,11-14H2;1-2,5-7,12,18,20H,3-4,8-11H2. The first-order valence-electron chi connectivity index (χ1n) is 18.5. The van der Waals surface area contributed by atoms with Gasteiger partial charge in [-0.05, 0) is 108 Å². The van der Waals surface area contributed by atoms with Crippen LogP contribution in [0.25, 0.3) is 0 Å². The van der Waals surface area contributed by atoms with E-state index in [-0.39, 0.29) is 18.2 Å². The average Bonchev–Trinajstić information content (AvgIpc) is 3.46. The van der Waals surface area contributed by atoms with Gasteiger partial charge >= 0.3 is 6.09 Å². The van der Waals surface area contributed by atoms with Gasteiger partial charge in [0.2, 0.25) is 0 Å². The minimum Gasteiger partial charge on any atom is -0.409 e. The molecule has 3 aromatic heterocycles. The highest BCUT2D eigenvalue weighted by atomic mass is 35.5. The fraction of sp³-hybridized carbons (Fsp3) is 0.333. The van der Waals surface area contributed by atoms with Crippen molar-refractivity contribution in [3.8, 4) is 5.75 Å². The fourth-order valence-corrected chi connectivity index (χ4v) is 8.57. The van der Waals surface area contributed by atoms with Gasteiger partial charge in [0, 0.05) is 81.0 Å². The summed E-state index contributed by atoms with van der Waals surface area (Å²) in [5.41, 5.74) is 10.3. The van der Waals surface area contributed by atoms with Gasteiger partial charge in [-0.1, -0.05) is 47.5 Å². The number of rotatable bonds is 3. The molecule has 2 saturated heterocycles. The second-order valence-electron chi connectivity index (χ2n) is 14.0. The zero-order valence-electron chi connectivity index (χ0n) is 29.6. The molecule has 2 aliphatic carbocycles. The summed E-state index contributed by atoms with van der Waals surface area (Å²) in [6, 6.07) is 24.8. The number of amides is 1. The van der Waals surface area contributed by atoms with Crippen LogP contribution >= 0.6 is 23.2 Å². The minimum atomic E-state index is -0.334. The van der Waals surface area contributed by atoms with Crippen molar-refractivity contribution in [1.82, 2.24) is 35.0 Å². The van der Waals surface area contributed by atoms with E-state index in [0.29, 0.717) is 18.8 Å². The lowest BCUT2D eigenvalue weighted by Crippen LogP contribution is -2.50. The van der Waals surface area contributed by atoms with E-state index in [0.717, 1.165) is 80.7 Å². The molecule has 5 heterocycles. The van der Waals surface area contributed by atoms with Crippen LogP contribution in [0.5, 0.6) is 5.75 Å². The number of nitrogens with zero attached hydrogens (tertiary/aromatic N) is 6. The third-order valence-electron chi connectivity index (χ3n) is 10.8. The van der Waals surface area contributed by atoms with Gasteiger partial charge in [-0.15, -0.1) is 0 Å². The highest BCUT2D eigenvalue weighted by Crippen LogP contribution is 2.38. The number of carbonyl (C=O) groups is 1. The number of hydrogen-bond donors (Lipinski definition) is 1. The summed E-state index contributed by atoms with van der Waals surface area (Å²) in [6.07, 6.45) is 10.6. The first-order valence-corrected chi connectivity index (χ1v) is 19.3. The molecule has 0 radical (unpaired) electrons. The highest BCUT2D eigenvalue weighted by Gasteiger charge is 2.34. The lowest BCUT2D eigenvalue weighted by molar-refractivity contribution is 0.0964. The number of fused-ring (bicyclic) bond motifs is 4. The number of piperazine rings is 2. The molecule has 9 nitrogen and oxygen atoms in total. The molecule has 9 rings (SSSR count). The zero-order valence-corrected chi connectivity index (χ0v) is 31.1. The van der Waals surface area contributed by atoms with Crippen molar-refractivity contribution in [2.24, 2.45) is 0 Å². The van der Waals surface area contributed by atoms with Crippen LogP contribution < -0.4 is 10.1 Å². The summed E-state index contributed by atoms with van der Waals surface area (Å²) in [5, 5.41) is 5.04. The molecule has 4 aliphatic rings. The van der Waals surface area contributed by atoms with E-state index in [1.54, 1.807) is 29.4 Å². The molecule has 1 amide bonds. The van der Waals surface area contributed by atoms with E-state index in [9.17, 15) is 4.79 Å². The molecule has 53 heavy (non-hydrogen) atoms. The van der Waals surface area contributed by atoms with Crippen molar-refractivity contribution < 1.29 is 9.53 Å². The fourth-order valence-electron chi connectivity index (χ4n) is 8.18. The Labute approximate surface area is 320 Å². The maximum Gasteiger partial charge on any atom is 0.415 e. The summed E-state index contributed by atoms with van der Waals surface area (Å²) >= 11 is 12.5. The molecule has 1 N–H and O–H groups in total. The predicted molar refractivity (Wildman–Crippen MR) is 208 cm³/mol. The van der Waals surface area contributed by atoms with Gasteiger partial charge in [-0.3, -0.25) is 24.8 Å². The maximum absolute atomic E-state index is 12.6. The van der Waals surface area contributed by atoms with Gasteiger partial charge in [0.1, 0.15) is 0 Å². The van der Waals surface area contributed by atoms with Crippen molar-refractivity contribution in [2.75, 3.05) is 52.4 Å². The number of halogens is 2. The molecular formula is C42H43Cl2N7O2. The molecule has 11 heteroatoms. The van der Waals surface area contributed by atoms with Crippen molar-refractivity contribution in [3.63, 3.8) is 0 Å². The molecule has 2 aromatic carbocycles. The van der Waals surface area contributed by atoms with Gasteiger partial charge in [-0.25, -0.2) is 4.79 Å². The van der Waals surface area contributed by atoms with Crippen LogP contribution in [-0.4, -0.2) is 88.1 Å². The van der Waals surface area contributed by atoms with E-state index in [1.807, 2.05) is 30.6 Å². The van der Waals surface area contributed by atoms with E-state index < -0.39 is 0 Å². The van der Waals surface area contributed by atoms with Gasteiger partial charge in [0.15, 0.2) is 5.75 Å². The summed E-state index contributed by atoms with van der Waals surface area (Å²) in [4.78, 5) is 32.8. The molecule has 2 fully saturated rings. The van der Waals surface area contributed by atoms with E-state index in [2.05, 4.69) is 62.6 Å². The van der Waals surface area contributed by atoms with E-state index in [1.165, 1.54) is 39.1 Å². The highest BCUT2D eigenvalue weighted by molar-refractivity contribution is 6.31. The minimum absolute atomic E-state index is 0.0578. The molecule has 0 saturated carbocycles. The van der Waals surface area contributed by atoms with Crippen LogP contribution in [0.15, 0.2) is 97.6 Å². The Hall–Kier alpha value is -4.38. The number of nitrogens with one attached hydrogen (secondary N) is 1. The normalized spacial score (nSPS) is 19.9. The Morgan fingerprint density at radius 1 is 0.642 bits per heavy atom.